The van der Waals surface area contributed by atoms with E-state index in [4.69, 9.17) is 9.72 Å². The lowest BCUT2D eigenvalue weighted by atomic mass is 9.98. The number of halogens is 2. The lowest BCUT2D eigenvalue weighted by Gasteiger charge is -2.28. The summed E-state index contributed by atoms with van der Waals surface area (Å²) in [4.78, 5) is 13.6. The van der Waals surface area contributed by atoms with E-state index in [0.29, 0.717) is 34.3 Å². The number of anilines is 2. The van der Waals surface area contributed by atoms with E-state index < -0.39 is 27.4 Å². The van der Waals surface area contributed by atoms with Crippen molar-refractivity contribution in [1.29, 1.82) is 0 Å². The summed E-state index contributed by atoms with van der Waals surface area (Å²) in [5.74, 6) is -0.435. The highest BCUT2D eigenvalue weighted by molar-refractivity contribution is 7.91. The maximum atomic E-state index is 15.2. The molecule has 3 aromatic carbocycles. The van der Waals surface area contributed by atoms with Gasteiger partial charge in [0.1, 0.15) is 17.4 Å². The number of aromatic nitrogens is 3. The molecule has 0 radical (unpaired) electrons. The summed E-state index contributed by atoms with van der Waals surface area (Å²) in [6.07, 6.45) is 4.27. The highest BCUT2D eigenvalue weighted by Gasteiger charge is 2.22. The first-order chi connectivity index (χ1) is 21.7. The quantitative estimate of drug-likeness (QED) is 0.171. The Hall–Kier alpha value is -4.68. The van der Waals surface area contributed by atoms with E-state index in [2.05, 4.69) is 32.2 Å². The van der Waals surface area contributed by atoms with E-state index in [1.807, 2.05) is 13.0 Å². The number of aryl methyl sites for hydroxylation is 1. The van der Waals surface area contributed by atoms with Crippen molar-refractivity contribution in [2.45, 2.75) is 32.1 Å². The number of rotatable bonds is 9. The maximum Gasteiger partial charge on any atom is 0.237 e. The summed E-state index contributed by atoms with van der Waals surface area (Å²) < 4.78 is 64.1. The molecule has 2 aromatic heterocycles. The fourth-order valence-electron chi connectivity index (χ4n) is 5.50. The summed E-state index contributed by atoms with van der Waals surface area (Å²) >= 11 is 0. The van der Waals surface area contributed by atoms with Gasteiger partial charge in [-0.25, -0.2) is 32.2 Å². The van der Waals surface area contributed by atoms with Crippen molar-refractivity contribution in [3.8, 4) is 22.9 Å². The largest absolute Gasteiger partial charge is 0.437 e. The zero-order chi connectivity index (χ0) is 31.6. The fourth-order valence-corrected chi connectivity index (χ4v) is 6.74. The molecule has 6 rings (SSSR count). The Labute approximate surface area is 260 Å². The second-order valence-electron chi connectivity index (χ2n) is 11.2. The minimum Gasteiger partial charge on any atom is -0.437 e. The number of nitrogens with one attached hydrogen (secondary N) is 3. The van der Waals surface area contributed by atoms with Gasteiger partial charge < -0.3 is 15.4 Å². The van der Waals surface area contributed by atoms with Gasteiger partial charge in [0.15, 0.2) is 0 Å². The molecule has 3 N–H and O–H groups in total. The van der Waals surface area contributed by atoms with Crippen LogP contribution in [0.4, 0.5) is 20.4 Å². The van der Waals surface area contributed by atoms with Gasteiger partial charge >= 0.3 is 0 Å². The lowest BCUT2D eigenvalue weighted by Crippen LogP contribution is -2.42. The molecular formula is C33H32F2N6O3S. The Balaban J connectivity index is 1.32. The summed E-state index contributed by atoms with van der Waals surface area (Å²) in [7, 11) is -4.17. The predicted octanol–water partition coefficient (Wildman–Crippen LogP) is 6.42. The third kappa shape index (κ3) is 6.86. The van der Waals surface area contributed by atoms with Crippen molar-refractivity contribution >= 4 is 32.4 Å². The Bertz CT molecular complexity index is 1970. The van der Waals surface area contributed by atoms with Gasteiger partial charge in [0, 0.05) is 41.3 Å². The molecule has 2 atom stereocenters. The van der Waals surface area contributed by atoms with Gasteiger partial charge in [-0.05, 0) is 67.8 Å². The van der Waals surface area contributed by atoms with Crippen LogP contribution in [0, 0.1) is 24.5 Å². The van der Waals surface area contributed by atoms with Crippen LogP contribution in [0.15, 0.2) is 79.1 Å². The van der Waals surface area contributed by atoms with Gasteiger partial charge in [0.2, 0.25) is 21.9 Å². The normalized spacial score (nSPS) is 16.8. The first kappa shape index (κ1) is 30.4. The van der Waals surface area contributed by atoms with Gasteiger partial charge in [0.05, 0.1) is 22.7 Å². The van der Waals surface area contributed by atoms with Gasteiger partial charge in [-0.15, -0.1) is 0 Å². The average molecular weight is 631 g/mol. The Kier molecular flexibility index (Phi) is 8.59. The maximum absolute atomic E-state index is 15.2. The molecule has 0 aliphatic carbocycles. The molecule has 1 aliphatic rings. The Morgan fingerprint density at radius 3 is 2.58 bits per heavy atom. The van der Waals surface area contributed by atoms with Crippen molar-refractivity contribution in [3.63, 3.8) is 0 Å². The first-order valence-corrected chi connectivity index (χ1v) is 16.2. The van der Waals surface area contributed by atoms with E-state index in [9.17, 15) is 12.8 Å². The standard InChI is InChI=1S/C33H32F2N6O3S/c1-20-16-23(18-36-17-20)39-33-38-15-13-29(40-33)26-7-5-14-37-32(26)44-31-21(2)9-10-24-25(31)11-12-28(35)30(24)41-45(42,43)19-22-6-3-4-8-27(22)34/h3-15,20,23,36,41H,16-19H2,1-2H3,(H,38,39,40)/t20-,23+/m1/s1. The van der Waals surface area contributed by atoms with Crippen molar-refractivity contribution in [1.82, 2.24) is 20.3 Å². The molecule has 1 saturated heterocycles. The van der Waals surface area contributed by atoms with Crippen LogP contribution in [-0.4, -0.2) is 42.5 Å². The minimum atomic E-state index is -4.17. The number of hydrogen-bond acceptors (Lipinski definition) is 8. The van der Waals surface area contributed by atoms with Crippen LogP contribution in [0.3, 0.4) is 0 Å². The second-order valence-corrected chi connectivity index (χ2v) is 13.0. The van der Waals surface area contributed by atoms with Crippen molar-refractivity contribution in [2.24, 2.45) is 5.92 Å². The van der Waals surface area contributed by atoms with Crippen LogP contribution < -0.4 is 20.1 Å². The number of piperidine rings is 1. The summed E-state index contributed by atoms with van der Waals surface area (Å²) in [5, 5.41) is 7.56. The number of hydrogen-bond donors (Lipinski definition) is 3. The van der Waals surface area contributed by atoms with E-state index in [0.717, 1.165) is 31.1 Å². The highest BCUT2D eigenvalue weighted by atomic mass is 32.2. The fraction of sp³-hybridized carbons (Fsp3) is 0.242. The predicted molar refractivity (Wildman–Crippen MR) is 171 cm³/mol. The zero-order valence-electron chi connectivity index (χ0n) is 24.7. The number of nitrogens with zero attached hydrogens (tertiary/aromatic N) is 3. The smallest absolute Gasteiger partial charge is 0.237 e. The summed E-state index contributed by atoms with van der Waals surface area (Å²) in [6.45, 7) is 5.83. The molecule has 232 valence electrons. The SMILES string of the molecule is Cc1ccc2c(NS(=O)(=O)Cc3ccccc3F)c(F)ccc2c1Oc1ncccc1-c1ccnc(N[C@@H]2CNC[C@H](C)C2)n1. The number of fused-ring (bicyclic) bond motifs is 1. The molecule has 0 unspecified atom stereocenters. The number of benzene rings is 3. The first-order valence-electron chi connectivity index (χ1n) is 14.6. The molecule has 0 bridgehead atoms. The monoisotopic (exact) mass is 630 g/mol. The second kappa shape index (κ2) is 12.7. The van der Waals surface area contributed by atoms with E-state index in [1.54, 1.807) is 36.7 Å². The van der Waals surface area contributed by atoms with Crippen LogP contribution >= 0.6 is 0 Å². The van der Waals surface area contributed by atoms with Crippen LogP contribution in [0.25, 0.3) is 22.0 Å². The van der Waals surface area contributed by atoms with E-state index in [1.165, 1.54) is 30.3 Å². The minimum absolute atomic E-state index is 0.0266. The third-order valence-electron chi connectivity index (χ3n) is 7.66. The van der Waals surface area contributed by atoms with Gasteiger partial charge in [-0.2, -0.15) is 0 Å². The molecule has 0 saturated carbocycles. The van der Waals surface area contributed by atoms with E-state index >= 15 is 4.39 Å². The third-order valence-corrected chi connectivity index (χ3v) is 8.87. The molecule has 3 heterocycles. The topological polar surface area (TPSA) is 118 Å². The van der Waals surface area contributed by atoms with Crippen molar-refractivity contribution in [2.75, 3.05) is 23.1 Å². The molecule has 0 amide bonds. The summed E-state index contributed by atoms with van der Waals surface area (Å²) in [5.41, 5.74) is 1.64. The van der Waals surface area contributed by atoms with Crippen LogP contribution in [0.5, 0.6) is 11.6 Å². The Morgan fingerprint density at radius 1 is 0.933 bits per heavy atom. The van der Waals surface area contributed by atoms with Crippen LogP contribution in [0.1, 0.15) is 24.5 Å². The molecule has 1 fully saturated rings. The molecule has 45 heavy (non-hydrogen) atoms. The van der Waals surface area contributed by atoms with Gasteiger partial charge in [-0.3, -0.25) is 4.72 Å². The highest BCUT2D eigenvalue weighted by Crippen LogP contribution is 2.40. The van der Waals surface area contributed by atoms with Crippen molar-refractivity contribution < 1.29 is 21.9 Å². The number of pyridine rings is 1. The lowest BCUT2D eigenvalue weighted by molar-refractivity contribution is 0.377. The van der Waals surface area contributed by atoms with Gasteiger partial charge in [-0.1, -0.05) is 37.3 Å². The molecule has 1 aliphatic heterocycles. The summed E-state index contributed by atoms with van der Waals surface area (Å²) in [6, 6.07) is 17.1. The van der Waals surface area contributed by atoms with Crippen LogP contribution in [0.2, 0.25) is 0 Å². The number of sulfonamides is 1. The van der Waals surface area contributed by atoms with Crippen molar-refractivity contribution in [3.05, 3.63) is 102 Å². The van der Waals surface area contributed by atoms with Gasteiger partial charge in [0.25, 0.3) is 0 Å². The molecule has 12 heteroatoms. The average Bonchev–Trinajstić information content (AvgIpc) is 3.01. The molecule has 5 aromatic rings. The Morgan fingerprint density at radius 2 is 1.76 bits per heavy atom. The molecule has 9 nitrogen and oxygen atoms in total. The zero-order valence-corrected chi connectivity index (χ0v) is 25.5. The van der Waals surface area contributed by atoms with Crippen LogP contribution in [-0.2, 0) is 15.8 Å². The number of ether oxygens (including phenoxy) is 1. The molecule has 0 spiro atoms. The molecular weight excluding hydrogens is 598 g/mol. The van der Waals surface area contributed by atoms with E-state index in [-0.39, 0.29) is 28.6 Å².